The van der Waals surface area contributed by atoms with Crippen molar-refractivity contribution in [1.29, 1.82) is 0 Å². The van der Waals surface area contributed by atoms with E-state index in [2.05, 4.69) is 32.0 Å². The van der Waals surface area contributed by atoms with E-state index in [1.54, 1.807) is 11.8 Å². The third kappa shape index (κ3) is 5.54. The Morgan fingerprint density at radius 3 is 2.62 bits per heavy atom. The minimum Gasteiger partial charge on any atom is -0.390 e. The van der Waals surface area contributed by atoms with E-state index in [0.717, 1.165) is 5.56 Å². The van der Waals surface area contributed by atoms with Crippen LogP contribution in [0.1, 0.15) is 16.7 Å². The van der Waals surface area contributed by atoms with Gasteiger partial charge in [0.15, 0.2) is 0 Å². The van der Waals surface area contributed by atoms with Crippen molar-refractivity contribution in [2.75, 3.05) is 12.4 Å². The maximum Gasteiger partial charge on any atom is 0.0867 e. The Morgan fingerprint density at radius 2 is 1.86 bits per heavy atom. The second-order valence-corrected chi connectivity index (χ2v) is 6.30. The fourth-order valence-electron chi connectivity index (χ4n) is 1.98. The van der Waals surface area contributed by atoms with Gasteiger partial charge in [-0.05, 0) is 31.0 Å². The summed E-state index contributed by atoms with van der Waals surface area (Å²) in [5.41, 5.74) is 3.63. The summed E-state index contributed by atoms with van der Waals surface area (Å²) in [5.74, 6) is 0.652. The van der Waals surface area contributed by atoms with Crippen LogP contribution in [0.15, 0.2) is 53.4 Å². The van der Waals surface area contributed by atoms with Crippen molar-refractivity contribution in [3.8, 4) is 0 Å². The van der Waals surface area contributed by atoms with Gasteiger partial charge in [0.1, 0.15) is 0 Å². The molecule has 0 aliphatic carbocycles. The highest BCUT2D eigenvalue weighted by Gasteiger charge is 2.07. The summed E-state index contributed by atoms with van der Waals surface area (Å²) in [6, 6.07) is 16.4. The number of aryl methyl sites for hydroxylation is 2. The average Bonchev–Trinajstić information content (AvgIpc) is 2.49. The van der Waals surface area contributed by atoms with Crippen molar-refractivity contribution >= 4 is 11.8 Å². The molecule has 1 N–H and O–H groups in total. The van der Waals surface area contributed by atoms with Crippen LogP contribution in [0, 0.1) is 13.8 Å². The first kappa shape index (κ1) is 16.1. The Morgan fingerprint density at radius 1 is 1.10 bits per heavy atom. The van der Waals surface area contributed by atoms with Crippen LogP contribution in [0.2, 0.25) is 0 Å². The first-order chi connectivity index (χ1) is 10.1. The van der Waals surface area contributed by atoms with E-state index in [0.29, 0.717) is 19.0 Å². The third-order valence-electron chi connectivity index (χ3n) is 3.20. The van der Waals surface area contributed by atoms with Gasteiger partial charge in [-0.25, -0.2) is 0 Å². The minimum absolute atomic E-state index is 0.368. The molecule has 0 aliphatic heterocycles. The van der Waals surface area contributed by atoms with Gasteiger partial charge in [-0.15, -0.1) is 11.8 Å². The third-order valence-corrected chi connectivity index (χ3v) is 4.50. The zero-order valence-electron chi connectivity index (χ0n) is 12.6. The molecule has 0 bridgehead atoms. The zero-order chi connectivity index (χ0) is 15.1. The Balaban J connectivity index is 1.72. The van der Waals surface area contributed by atoms with E-state index >= 15 is 0 Å². The molecule has 1 unspecified atom stereocenters. The van der Waals surface area contributed by atoms with Gasteiger partial charge in [-0.1, -0.05) is 48.0 Å². The summed E-state index contributed by atoms with van der Waals surface area (Å²) in [7, 11) is 0. The highest BCUT2D eigenvalue weighted by Crippen LogP contribution is 2.24. The van der Waals surface area contributed by atoms with Gasteiger partial charge in [-0.2, -0.15) is 0 Å². The molecule has 21 heavy (non-hydrogen) atoms. The Hall–Kier alpha value is -1.29. The van der Waals surface area contributed by atoms with Crippen molar-refractivity contribution in [1.82, 2.24) is 0 Å². The molecular weight excluding hydrogens is 280 g/mol. The monoisotopic (exact) mass is 302 g/mol. The fourth-order valence-corrected chi connectivity index (χ4v) is 3.02. The van der Waals surface area contributed by atoms with E-state index in [9.17, 15) is 5.11 Å². The molecule has 0 radical (unpaired) electrons. The Labute approximate surface area is 131 Å². The number of thioether (sulfide) groups is 1. The van der Waals surface area contributed by atoms with Gasteiger partial charge in [0.2, 0.25) is 0 Å². The summed E-state index contributed by atoms with van der Waals surface area (Å²) in [4.78, 5) is 1.23. The van der Waals surface area contributed by atoms with Gasteiger partial charge in [0.25, 0.3) is 0 Å². The van der Waals surface area contributed by atoms with Crippen LogP contribution in [0.4, 0.5) is 0 Å². The first-order valence-corrected chi connectivity index (χ1v) is 8.13. The highest BCUT2D eigenvalue weighted by molar-refractivity contribution is 7.99. The lowest BCUT2D eigenvalue weighted by Gasteiger charge is -2.12. The van der Waals surface area contributed by atoms with Crippen LogP contribution in [-0.4, -0.2) is 23.6 Å². The van der Waals surface area contributed by atoms with Gasteiger partial charge in [-0.3, -0.25) is 0 Å². The first-order valence-electron chi connectivity index (χ1n) is 7.15. The van der Waals surface area contributed by atoms with Crippen molar-refractivity contribution in [3.63, 3.8) is 0 Å². The molecule has 0 aromatic heterocycles. The number of hydrogen-bond acceptors (Lipinski definition) is 3. The molecular formula is C18H22O2S. The normalized spacial score (nSPS) is 12.3. The Kier molecular flexibility index (Phi) is 6.30. The summed E-state index contributed by atoms with van der Waals surface area (Å²) in [6.07, 6.45) is -0.446. The molecule has 0 spiro atoms. The molecule has 112 valence electrons. The SMILES string of the molecule is Cc1ccc(C)c(SCC(O)COCc2ccccc2)c1. The maximum atomic E-state index is 10.0. The van der Waals surface area contributed by atoms with Gasteiger partial charge in [0, 0.05) is 10.6 Å². The minimum atomic E-state index is -0.446. The van der Waals surface area contributed by atoms with Crippen LogP contribution in [0.5, 0.6) is 0 Å². The molecule has 1 atom stereocenters. The number of rotatable bonds is 7. The van der Waals surface area contributed by atoms with E-state index in [-0.39, 0.29) is 0 Å². The van der Waals surface area contributed by atoms with Crippen LogP contribution < -0.4 is 0 Å². The number of benzene rings is 2. The second-order valence-electron chi connectivity index (χ2n) is 5.23. The number of aliphatic hydroxyl groups excluding tert-OH is 1. The fraction of sp³-hybridized carbons (Fsp3) is 0.333. The van der Waals surface area contributed by atoms with Crippen molar-refractivity contribution < 1.29 is 9.84 Å². The van der Waals surface area contributed by atoms with Gasteiger partial charge in [0.05, 0.1) is 19.3 Å². The molecule has 0 heterocycles. The average molecular weight is 302 g/mol. The molecule has 2 rings (SSSR count). The molecule has 0 aliphatic rings. The van der Waals surface area contributed by atoms with Crippen LogP contribution in [0.3, 0.4) is 0 Å². The van der Waals surface area contributed by atoms with E-state index in [1.165, 1.54) is 16.0 Å². The number of aliphatic hydroxyl groups is 1. The van der Waals surface area contributed by atoms with E-state index < -0.39 is 6.10 Å². The lowest BCUT2D eigenvalue weighted by Crippen LogP contribution is -2.18. The standard InChI is InChI=1S/C18H22O2S/c1-14-8-9-15(2)18(10-14)21-13-17(19)12-20-11-16-6-4-3-5-7-16/h3-10,17,19H,11-13H2,1-2H3. The van der Waals surface area contributed by atoms with E-state index in [1.807, 2.05) is 30.3 Å². The lowest BCUT2D eigenvalue weighted by molar-refractivity contribution is 0.0398. The summed E-state index contributed by atoms with van der Waals surface area (Å²) < 4.78 is 5.56. The van der Waals surface area contributed by atoms with Gasteiger partial charge < -0.3 is 9.84 Å². The van der Waals surface area contributed by atoms with Gasteiger partial charge >= 0.3 is 0 Å². The quantitative estimate of drug-likeness (QED) is 0.785. The molecule has 0 saturated heterocycles. The summed E-state index contributed by atoms with van der Waals surface area (Å²) in [6.45, 7) is 5.10. The maximum absolute atomic E-state index is 10.0. The van der Waals surface area contributed by atoms with Crippen LogP contribution in [-0.2, 0) is 11.3 Å². The topological polar surface area (TPSA) is 29.5 Å². The van der Waals surface area contributed by atoms with Crippen molar-refractivity contribution in [3.05, 3.63) is 65.2 Å². The molecule has 2 nitrogen and oxygen atoms in total. The Bertz CT molecular complexity index is 554. The smallest absolute Gasteiger partial charge is 0.0867 e. The predicted octanol–water partition coefficient (Wildman–Crippen LogP) is 3.97. The summed E-state index contributed by atoms with van der Waals surface area (Å²) >= 11 is 1.69. The predicted molar refractivity (Wildman–Crippen MR) is 88.7 cm³/mol. The van der Waals surface area contributed by atoms with Crippen molar-refractivity contribution in [2.24, 2.45) is 0 Å². The molecule has 2 aromatic rings. The van der Waals surface area contributed by atoms with Crippen LogP contribution in [0.25, 0.3) is 0 Å². The lowest BCUT2D eigenvalue weighted by atomic mass is 10.2. The largest absolute Gasteiger partial charge is 0.390 e. The molecule has 3 heteroatoms. The summed E-state index contributed by atoms with van der Waals surface area (Å²) in [5, 5.41) is 10.0. The zero-order valence-corrected chi connectivity index (χ0v) is 13.4. The van der Waals surface area contributed by atoms with E-state index in [4.69, 9.17) is 4.74 Å². The number of ether oxygens (including phenoxy) is 1. The van der Waals surface area contributed by atoms with Crippen molar-refractivity contribution in [2.45, 2.75) is 31.5 Å². The van der Waals surface area contributed by atoms with Crippen LogP contribution >= 0.6 is 11.8 Å². The second kappa shape index (κ2) is 8.23. The molecule has 2 aromatic carbocycles. The number of hydrogen-bond donors (Lipinski definition) is 1. The molecule has 0 fully saturated rings. The highest BCUT2D eigenvalue weighted by atomic mass is 32.2. The molecule has 0 amide bonds. The molecule has 0 saturated carbocycles.